The van der Waals surface area contributed by atoms with Gasteiger partial charge in [-0.1, -0.05) is 6.07 Å². The molecule has 2 rings (SSSR count). The summed E-state index contributed by atoms with van der Waals surface area (Å²) >= 11 is 1.80. The molecule has 1 fully saturated rings. The second-order valence-electron chi connectivity index (χ2n) is 3.87. The summed E-state index contributed by atoms with van der Waals surface area (Å²) in [6.45, 7) is 0.561. The molecule has 0 aliphatic heterocycles. The topological polar surface area (TPSA) is 18.5 Å². The minimum absolute atomic E-state index is 0.216. The average Bonchev–Trinajstić information content (AvgIpc) is 3.01. The Bertz CT molecular complexity index is 402. The first kappa shape index (κ1) is 12.8. The van der Waals surface area contributed by atoms with Crippen molar-refractivity contribution in [3.63, 3.8) is 0 Å². The Kier molecular flexibility index (Phi) is 3.70. The Morgan fingerprint density at radius 2 is 1.88 bits per heavy atom. The molecule has 0 amide bonds. The molecular formula is C11H10F3IO2. The van der Waals surface area contributed by atoms with Gasteiger partial charge in [-0.25, -0.2) is 0 Å². The van der Waals surface area contributed by atoms with Gasteiger partial charge < -0.3 is 9.47 Å². The largest absolute Gasteiger partial charge is 0.573 e. The molecule has 0 spiro atoms. The summed E-state index contributed by atoms with van der Waals surface area (Å²) in [5, 5.41) is 0. The molecule has 0 aromatic heterocycles. The van der Waals surface area contributed by atoms with Crippen LogP contribution in [-0.2, 0) is 0 Å². The number of hydrogen-bond acceptors (Lipinski definition) is 2. The molecule has 1 aliphatic carbocycles. The molecule has 1 aliphatic rings. The smallest absolute Gasteiger partial charge is 0.492 e. The summed E-state index contributed by atoms with van der Waals surface area (Å²) in [5.41, 5.74) is 0. The maximum Gasteiger partial charge on any atom is 0.573 e. The second-order valence-corrected chi connectivity index (χ2v) is 4.95. The van der Waals surface area contributed by atoms with E-state index in [-0.39, 0.29) is 5.75 Å². The monoisotopic (exact) mass is 358 g/mol. The highest BCUT2D eigenvalue weighted by molar-refractivity contribution is 14.1. The van der Waals surface area contributed by atoms with Gasteiger partial charge in [0.2, 0.25) is 0 Å². The number of hydrogen-bond donors (Lipinski definition) is 0. The van der Waals surface area contributed by atoms with Gasteiger partial charge in [0, 0.05) is 0 Å². The summed E-state index contributed by atoms with van der Waals surface area (Å²) < 4.78 is 46.1. The van der Waals surface area contributed by atoms with Crippen LogP contribution in [0, 0.1) is 9.49 Å². The molecule has 2 nitrogen and oxygen atoms in total. The highest BCUT2D eigenvalue weighted by Crippen LogP contribution is 2.35. The Balaban J connectivity index is 2.08. The van der Waals surface area contributed by atoms with Gasteiger partial charge in [-0.15, -0.1) is 13.2 Å². The molecule has 94 valence electrons. The van der Waals surface area contributed by atoms with Crippen LogP contribution >= 0.6 is 22.6 Å². The third-order valence-electron chi connectivity index (χ3n) is 2.33. The zero-order valence-corrected chi connectivity index (χ0v) is 10.9. The molecule has 1 saturated carbocycles. The number of alkyl halides is 3. The number of benzene rings is 1. The van der Waals surface area contributed by atoms with Crippen molar-refractivity contribution in [1.29, 1.82) is 0 Å². The van der Waals surface area contributed by atoms with Crippen molar-refractivity contribution in [2.45, 2.75) is 19.2 Å². The van der Waals surface area contributed by atoms with Crippen LogP contribution in [-0.4, -0.2) is 13.0 Å². The minimum Gasteiger partial charge on any atom is -0.492 e. The minimum atomic E-state index is -4.67. The molecule has 1 aromatic carbocycles. The average molecular weight is 358 g/mol. The Hall–Kier alpha value is -0.660. The van der Waals surface area contributed by atoms with Crippen molar-refractivity contribution in [2.24, 2.45) is 5.92 Å². The predicted octanol–water partition coefficient (Wildman–Crippen LogP) is 3.98. The molecule has 0 heterocycles. The Morgan fingerprint density at radius 1 is 1.24 bits per heavy atom. The lowest BCUT2D eigenvalue weighted by atomic mass is 10.3. The van der Waals surface area contributed by atoms with Gasteiger partial charge in [0.25, 0.3) is 0 Å². The van der Waals surface area contributed by atoms with E-state index < -0.39 is 6.36 Å². The van der Waals surface area contributed by atoms with Crippen LogP contribution in [0.1, 0.15) is 12.8 Å². The van der Waals surface area contributed by atoms with Gasteiger partial charge in [0.05, 0.1) is 10.2 Å². The van der Waals surface area contributed by atoms with E-state index in [9.17, 15) is 13.2 Å². The van der Waals surface area contributed by atoms with Crippen LogP contribution in [0.15, 0.2) is 18.2 Å². The molecule has 0 bridgehead atoms. The van der Waals surface area contributed by atoms with E-state index in [1.165, 1.54) is 12.1 Å². The van der Waals surface area contributed by atoms with E-state index in [1.807, 2.05) is 0 Å². The van der Waals surface area contributed by atoms with E-state index in [0.29, 0.717) is 21.8 Å². The van der Waals surface area contributed by atoms with Crippen LogP contribution in [0.5, 0.6) is 11.5 Å². The SMILES string of the molecule is FC(F)(F)Oc1cccc(OCC2CC2)c1I. The summed E-state index contributed by atoms with van der Waals surface area (Å²) in [4.78, 5) is 0. The fraction of sp³-hybridized carbons (Fsp3) is 0.455. The van der Waals surface area contributed by atoms with Crippen molar-refractivity contribution >= 4 is 22.6 Å². The molecule has 1 aromatic rings. The normalized spacial score (nSPS) is 15.8. The molecule has 6 heteroatoms. The predicted molar refractivity (Wildman–Crippen MR) is 64.1 cm³/mol. The van der Waals surface area contributed by atoms with Gasteiger partial charge in [0.15, 0.2) is 0 Å². The summed E-state index contributed by atoms with van der Waals surface area (Å²) in [6, 6.07) is 4.41. The van der Waals surface area contributed by atoms with Crippen LogP contribution in [0.4, 0.5) is 13.2 Å². The first-order chi connectivity index (χ1) is 7.96. The fourth-order valence-corrected chi connectivity index (χ4v) is 1.92. The fourth-order valence-electron chi connectivity index (χ4n) is 1.30. The summed E-state index contributed by atoms with van der Waals surface area (Å²) in [6.07, 6.45) is -2.40. The van der Waals surface area contributed by atoms with E-state index >= 15 is 0 Å². The van der Waals surface area contributed by atoms with Crippen LogP contribution in [0.25, 0.3) is 0 Å². The van der Waals surface area contributed by atoms with Gasteiger partial charge in [-0.2, -0.15) is 0 Å². The lowest BCUT2D eigenvalue weighted by Crippen LogP contribution is -2.18. The first-order valence-corrected chi connectivity index (χ1v) is 6.20. The molecule has 17 heavy (non-hydrogen) atoms. The van der Waals surface area contributed by atoms with Crippen LogP contribution in [0.2, 0.25) is 0 Å². The van der Waals surface area contributed by atoms with Gasteiger partial charge >= 0.3 is 6.36 Å². The zero-order valence-electron chi connectivity index (χ0n) is 8.76. The highest BCUT2D eigenvalue weighted by Gasteiger charge is 2.32. The van der Waals surface area contributed by atoms with E-state index in [2.05, 4.69) is 4.74 Å². The molecule has 0 atom stereocenters. The van der Waals surface area contributed by atoms with Crippen molar-refractivity contribution in [1.82, 2.24) is 0 Å². The summed E-state index contributed by atoms with van der Waals surface area (Å²) in [7, 11) is 0. The number of halogens is 4. The zero-order chi connectivity index (χ0) is 12.5. The van der Waals surface area contributed by atoms with E-state index in [4.69, 9.17) is 4.74 Å². The van der Waals surface area contributed by atoms with E-state index in [0.717, 1.165) is 12.8 Å². The first-order valence-electron chi connectivity index (χ1n) is 5.13. The Morgan fingerprint density at radius 3 is 2.47 bits per heavy atom. The van der Waals surface area contributed by atoms with Crippen molar-refractivity contribution in [2.75, 3.05) is 6.61 Å². The maximum absolute atomic E-state index is 12.1. The van der Waals surface area contributed by atoms with Gasteiger partial charge in [-0.3, -0.25) is 0 Å². The van der Waals surface area contributed by atoms with Crippen molar-refractivity contribution in [3.8, 4) is 11.5 Å². The third-order valence-corrected chi connectivity index (χ3v) is 3.39. The highest BCUT2D eigenvalue weighted by atomic mass is 127. The second kappa shape index (κ2) is 4.91. The molecule has 0 unspecified atom stereocenters. The lowest BCUT2D eigenvalue weighted by Gasteiger charge is -2.13. The molecule has 0 saturated heterocycles. The maximum atomic E-state index is 12.1. The van der Waals surface area contributed by atoms with Gasteiger partial charge in [-0.05, 0) is 53.5 Å². The lowest BCUT2D eigenvalue weighted by molar-refractivity contribution is -0.275. The Labute approximate surface area is 110 Å². The van der Waals surface area contributed by atoms with Crippen LogP contribution in [0.3, 0.4) is 0 Å². The number of ether oxygens (including phenoxy) is 2. The quantitative estimate of drug-likeness (QED) is 0.759. The van der Waals surface area contributed by atoms with Crippen molar-refractivity contribution < 1.29 is 22.6 Å². The van der Waals surface area contributed by atoms with Crippen molar-refractivity contribution in [3.05, 3.63) is 21.8 Å². The van der Waals surface area contributed by atoms with E-state index in [1.54, 1.807) is 28.7 Å². The van der Waals surface area contributed by atoms with Gasteiger partial charge in [0.1, 0.15) is 11.5 Å². The summed E-state index contributed by atoms with van der Waals surface area (Å²) in [5.74, 6) is 0.781. The molecular weight excluding hydrogens is 348 g/mol. The molecule has 0 radical (unpaired) electrons. The standard InChI is InChI=1S/C11H10F3IO2/c12-11(13,14)17-9-3-1-2-8(10(9)15)16-6-7-4-5-7/h1-3,7H,4-6H2. The van der Waals surface area contributed by atoms with Crippen LogP contribution < -0.4 is 9.47 Å². The molecule has 0 N–H and O–H groups in total. The third kappa shape index (κ3) is 3.93. The number of rotatable bonds is 4.